The average Bonchev–Trinajstić information content (AvgIpc) is 3.09. The second kappa shape index (κ2) is 10.3. The quantitative estimate of drug-likeness (QED) is 0.460. The van der Waals surface area contributed by atoms with E-state index < -0.39 is 0 Å². The van der Waals surface area contributed by atoms with Crippen LogP contribution in [0.3, 0.4) is 0 Å². The molecule has 0 aromatic heterocycles. The van der Waals surface area contributed by atoms with E-state index in [0.717, 1.165) is 25.1 Å². The Morgan fingerprint density at radius 2 is 2.23 bits per heavy atom. The summed E-state index contributed by atoms with van der Waals surface area (Å²) < 4.78 is 24.7. The Hall–Kier alpha value is -1.86. The summed E-state index contributed by atoms with van der Waals surface area (Å²) in [6, 6.07) is 4.91. The van der Waals surface area contributed by atoms with E-state index in [1.54, 1.807) is 6.07 Å². The van der Waals surface area contributed by atoms with Gasteiger partial charge in [0.15, 0.2) is 17.5 Å². The van der Waals surface area contributed by atoms with Gasteiger partial charge in [-0.25, -0.2) is 9.38 Å². The molecule has 0 spiro atoms. The van der Waals surface area contributed by atoms with Crippen LogP contribution in [-0.4, -0.2) is 50.6 Å². The maximum atomic E-state index is 14.0. The van der Waals surface area contributed by atoms with Crippen LogP contribution in [0.15, 0.2) is 23.2 Å². The predicted octanol–water partition coefficient (Wildman–Crippen LogP) is 2.07. The van der Waals surface area contributed by atoms with Crippen LogP contribution < -0.4 is 15.4 Å². The molecular weight excluding hydrogens is 337 g/mol. The molecule has 1 atom stereocenters. The highest BCUT2D eigenvalue weighted by Crippen LogP contribution is 2.31. The van der Waals surface area contributed by atoms with Crippen LogP contribution in [0.4, 0.5) is 4.39 Å². The number of benzene rings is 1. The lowest BCUT2D eigenvalue weighted by Crippen LogP contribution is -2.44. The first-order valence-corrected chi connectivity index (χ1v) is 9.24. The second-order valence-corrected chi connectivity index (χ2v) is 6.52. The minimum absolute atomic E-state index is 0.0593. The summed E-state index contributed by atoms with van der Waals surface area (Å²) in [5.41, 5.74) is 0.716. The summed E-state index contributed by atoms with van der Waals surface area (Å²) in [6.45, 7) is 7.53. The lowest BCUT2D eigenvalue weighted by atomic mass is 9.84. The van der Waals surface area contributed by atoms with Gasteiger partial charge < -0.3 is 25.2 Å². The molecule has 1 heterocycles. The molecule has 0 radical (unpaired) electrons. The number of nitrogens with zero attached hydrogens (tertiary/aromatic N) is 1. The number of guanidine groups is 1. The van der Waals surface area contributed by atoms with Gasteiger partial charge in [-0.3, -0.25) is 0 Å². The maximum absolute atomic E-state index is 14.0. The summed E-state index contributed by atoms with van der Waals surface area (Å²) in [5, 5.41) is 15.9. The fourth-order valence-corrected chi connectivity index (χ4v) is 3.01. The molecule has 0 saturated carbocycles. The summed E-state index contributed by atoms with van der Waals surface area (Å²) in [6.07, 6.45) is 1.62. The molecule has 1 saturated heterocycles. The molecule has 7 heteroatoms. The van der Waals surface area contributed by atoms with E-state index in [2.05, 4.69) is 15.6 Å². The van der Waals surface area contributed by atoms with Crippen molar-refractivity contribution in [2.24, 2.45) is 10.4 Å². The molecule has 1 aliphatic heterocycles. The minimum Gasteiger partial charge on any atom is -0.491 e. The van der Waals surface area contributed by atoms with Gasteiger partial charge >= 0.3 is 0 Å². The Kier molecular flexibility index (Phi) is 8.12. The fraction of sp³-hybridized carbons (Fsp3) is 0.632. The maximum Gasteiger partial charge on any atom is 0.191 e. The number of aliphatic imine (C=N–C) groups is 1. The molecule has 1 fully saturated rings. The zero-order valence-corrected chi connectivity index (χ0v) is 15.7. The molecule has 0 amide bonds. The Morgan fingerprint density at radius 1 is 1.38 bits per heavy atom. The van der Waals surface area contributed by atoms with Crippen LogP contribution in [0, 0.1) is 11.2 Å². The number of aliphatic hydroxyl groups excluding tert-OH is 1. The second-order valence-electron chi connectivity index (χ2n) is 6.52. The number of hydrogen-bond acceptors (Lipinski definition) is 4. The lowest BCUT2D eigenvalue weighted by Gasteiger charge is -2.27. The van der Waals surface area contributed by atoms with Crippen molar-refractivity contribution in [3.63, 3.8) is 0 Å². The number of nitrogens with one attached hydrogen (secondary N) is 2. The summed E-state index contributed by atoms with van der Waals surface area (Å²) in [5.74, 6) is 0.561. The highest BCUT2D eigenvalue weighted by atomic mass is 19.1. The van der Waals surface area contributed by atoms with E-state index >= 15 is 0 Å². The third kappa shape index (κ3) is 5.85. The van der Waals surface area contributed by atoms with Crippen molar-refractivity contribution in [1.82, 2.24) is 10.6 Å². The molecule has 6 nitrogen and oxygen atoms in total. The Balaban J connectivity index is 1.98. The van der Waals surface area contributed by atoms with E-state index in [1.165, 1.54) is 6.07 Å². The largest absolute Gasteiger partial charge is 0.491 e. The first kappa shape index (κ1) is 20.5. The van der Waals surface area contributed by atoms with Gasteiger partial charge in [0.1, 0.15) is 0 Å². The number of aliphatic hydroxyl groups is 1. The Bertz CT molecular complexity index is 589. The van der Waals surface area contributed by atoms with Crippen LogP contribution >= 0.6 is 0 Å². The van der Waals surface area contributed by atoms with Crippen LogP contribution in [0.5, 0.6) is 5.75 Å². The highest BCUT2D eigenvalue weighted by molar-refractivity contribution is 5.79. The zero-order valence-electron chi connectivity index (χ0n) is 15.7. The van der Waals surface area contributed by atoms with Gasteiger partial charge in [-0.05, 0) is 44.4 Å². The number of rotatable bonds is 9. The molecule has 1 aromatic carbocycles. The normalized spacial score (nSPS) is 20.2. The molecule has 0 bridgehead atoms. The third-order valence-electron chi connectivity index (χ3n) is 4.52. The molecule has 2 rings (SSSR count). The van der Waals surface area contributed by atoms with Crippen molar-refractivity contribution in [3.8, 4) is 5.75 Å². The van der Waals surface area contributed by atoms with Crippen molar-refractivity contribution in [2.75, 3.05) is 39.5 Å². The molecule has 1 aromatic rings. The molecular formula is C19H30FN3O3. The van der Waals surface area contributed by atoms with E-state index in [1.807, 2.05) is 19.9 Å². The van der Waals surface area contributed by atoms with Crippen LogP contribution in [0.25, 0.3) is 0 Å². The van der Waals surface area contributed by atoms with Crippen LogP contribution in [-0.2, 0) is 11.3 Å². The smallest absolute Gasteiger partial charge is 0.191 e. The van der Waals surface area contributed by atoms with Crippen LogP contribution in [0.2, 0.25) is 0 Å². The first-order chi connectivity index (χ1) is 12.6. The number of ether oxygens (including phenoxy) is 2. The summed E-state index contributed by atoms with van der Waals surface area (Å²) in [7, 11) is 0. The number of hydrogen-bond donors (Lipinski definition) is 3. The first-order valence-electron chi connectivity index (χ1n) is 9.24. The van der Waals surface area contributed by atoms with Gasteiger partial charge in [-0.15, -0.1) is 0 Å². The molecule has 3 N–H and O–H groups in total. The van der Waals surface area contributed by atoms with Crippen molar-refractivity contribution >= 4 is 5.96 Å². The van der Waals surface area contributed by atoms with Gasteiger partial charge in [0.05, 0.1) is 19.8 Å². The highest BCUT2D eigenvalue weighted by Gasteiger charge is 2.34. The third-order valence-corrected chi connectivity index (χ3v) is 4.52. The van der Waals surface area contributed by atoms with Gasteiger partial charge in [-0.1, -0.05) is 6.07 Å². The topological polar surface area (TPSA) is 75.1 Å². The minimum atomic E-state index is -0.373. The summed E-state index contributed by atoms with van der Waals surface area (Å²) in [4.78, 5) is 4.54. The van der Waals surface area contributed by atoms with Crippen molar-refractivity contribution in [2.45, 2.75) is 33.2 Å². The van der Waals surface area contributed by atoms with Crippen molar-refractivity contribution < 1.29 is 19.0 Å². The van der Waals surface area contributed by atoms with E-state index in [0.29, 0.717) is 38.7 Å². The standard InChI is InChI=1S/C19H30FN3O3/c1-3-21-18(23-13-19(7-9-24)8-10-25-14-19)22-12-15-5-6-17(26-4-2)16(20)11-15/h5-6,11,24H,3-4,7-10,12-14H2,1-2H3,(H2,21,22,23). The van der Waals surface area contributed by atoms with Crippen LogP contribution in [0.1, 0.15) is 32.3 Å². The molecule has 0 aliphatic carbocycles. The molecule has 1 aliphatic rings. The molecule has 1 unspecified atom stereocenters. The van der Waals surface area contributed by atoms with Gasteiger partial charge in [0, 0.05) is 31.7 Å². The number of halogens is 1. The van der Waals surface area contributed by atoms with Crippen molar-refractivity contribution in [3.05, 3.63) is 29.6 Å². The Labute approximate surface area is 154 Å². The average molecular weight is 367 g/mol. The van der Waals surface area contributed by atoms with Gasteiger partial charge in [-0.2, -0.15) is 0 Å². The van der Waals surface area contributed by atoms with E-state index in [-0.39, 0.29) is 23.6 Å². The monoisotopic (exact) mass is 367 g/mol. The predicted molar refractivity (Wildman–Crippen MR) is 100.0 cm³/mol. The van der Waals surface area contributed by atoms with Gasteiger partial charge in [0.2, 0.25) is 0 Å². The SMILES string of the molecule is CCNC(=NCc1ccc(OCC)c(F)c1)NCC1(CCO)CCOC1. The zero-order chi connectivity index (χ0) is 18.8. The molecule has 146 valence electrons. The van der Waals surface area contributed by atoms with E-state index in [4.69, 9.17) is 9.47 Å². The lowest BCUT2D eigenvalue weighted by molar-refractivity contribution is 0.127. The molecule has 26 heavy (non-hydrogen) atoms. The van der Waals surface area contributed by atoms with E-state index in [9.17, 15) is 9.50 Å². The van der Waals surface area contributed by atoms with Crippen molar-refractivity contribution in [1.29, 1.82) is 0 Å². The van der Waals surface area contributed by atoms with Gasteiger partial charge in [0.25, 0.3) is 0 Å². The summed E-state index contributed by atoms with van der Waals surface area (Å²) >= 11 is 0. The Morgan fingerprint density at radius 3 is 2.85 bits per heavy atom. The fourth-order valence-electron chi connectivity index (χ4n) is 3.01.